The molecule has 2 aliphatic heterocycles. The minimum Gasteiger partial charge on any atom is -0.360 e. The molecule has 7 heteroatoms. The number of aromatic nitrogens is 1. The van der Waals surface area contributed by atoms with Crippen molar-refractivity contribution in [3.05, 3.63) is 77.6 Å². The van der Waals surface area contributed by atoms with Crippen molar-refractivity contribution in [3.8, 4) is 0 Å². The number of carbonyl (C=O) groups excluding carboxylic acids is 2. The maximum absolute atomic E-state index is 13.3. The summed E-state index contributed by atoms with van der Waals surface area (Å²) in [5.41, 5.74) is 2.12. The summed E-state index contributed by atoms with van der Waals surface area (Å²) in [5.74, 6) is 0.820. The van der Waals surface area contributed by atoms with Crippen LogP contribution in [0.2, 0.25) is 0 Å². The summed E-state index contributed by atoms with van der Waals surface area (Å²) < 4.78 is 5.07. The van der Waals surface area contributed by atoms with E-state index in [1.54, 1.807) is 13.0 Å². The second kappa shape index (κ2) is 7.11. The number of carbonyl (C=O) groups is 2. The fourth-order valence-electron chi connectivity index (χ4n) is 4.62. The van der Waals surface area contributed by atoms with E-state index in [1.165, 1.54) is 0 Å². The average molecular weight is 402 g/mol. The largest absolute Gasteiger partial charge is 0.360 e. The van der Waals surface area contributed by atoms with E-state index in [9.17, 15) is 9.59 Å². The molecule has 0 aliphatic carbocycles. The van der Waals surface area contributed by atoms with Gasteiger partial charge in [0.2, 0.25) is 11.8 Å². The van der Waals surface area contributed by atoms with Gasteiger partial charge < -0.3 is 15.2 Å². The number of likely N-dealkylation sites (tertiary alicyclic amines) is 1. The van der Waals surface area contributed by atoms with Crippen molar-refractivity contribution in [2.75, 3.05) is 23.7 Å². The first-order valence-electron chi connectivity index (χ1n) is 10.0. The van der Waals surface area contributed by atoms with Crippen molar-refractivity contribution in [1.29, 1.82) is 0 Å². The lowest BCUT2D eigenvalue weighted by Crippen LogP contribution is -2.41. The molecule has 1 saturated heterocycles. The fourth-order valence-corrected chi connectivity index (χ4v) is 4.62. The Hall–Kier alpha value is -3.45. The summed E-state index contributed by atoms with van der Waals surface area (Å²) >= 11 is 0. The Kier molecular flexibility index (Phi) is 4.40. The van der Waals surface area contributed by atoms with Crippen molar-refractivity contribution in [2.24, 2.45) is 0 Å². The maximum Gasteiger partial charge on any atom is 0.247 e. The summed E-state index contributed by atoms with van der Waals surface area (Å²) in [7, 11) is 0. The molecule has 1 fully saturated rings. The SMILES string of the molecule is Cc1cc(NC(=O)C(c2ccccc2)N2CCC3(C2)C(=O)Nc2ccccc23)no1. The van der Waals surface area contributed by atoms with E-state index in [0.29, 0.717) is 31.1 Å². The van der Waals surface area contributed by atoms with Gasteiger partial charge in [-0.1, -0.05) is 53.7 Å². The van der Waals surface area contributed by atoms with Crippen molar-refractivity contribution in [1.82, 2.24) is 10.1 Å². The Morgan fingerprint density at radius 1 is 1.20 bits per heavy atom. The standard InChI is InChI=1S/C23H22N4O3/c1-15-13-19(26-30-15)25-21(28)20(16-7-3-2-4-8-16)27-12-11-23(14-27)17-9-5-6-10-18(17)24-22(23)29/h2-10,13,20H,11-12,14H2,1H3,(H,24,29)(H,25,26,28). The lowest BCUT2D eigenvalue weighted by Gasteiger charge is -2.29. The molecule has 3 aromatic rings. The van der Waals surface area contributed by atoms with Gasteiger partial charge in [0.1, 0.15) is 11.8 Å². The Labute approximate surface area is 174 Å². The van der Waals surface area contributed by atoms with Crippen LogP contribution < -0.4 is 10.6 Å². The van der Waals surface area contributed by atoms with E-state index in [4.69, 9.17) is 4.52 Å². The highest BCUT2D eigenvalue weighted by Crippen LogP contribution is 2.46. The number of aryl methyl sites for hydroxylation is 1. The molecule has 2 unspecified atom stereocenters. The van der Waals surface area contributed by atoms with Gasteiger partial charge in [0.15, 0.2) is 5.82 Å². The molecule has 5 rings (SSSR count). The highest BCUT2D eigenvalue weighted by atomic mass is 16.5. The monoisotopic (exact) mass is 402 g/mol. The van der Waals surface area contributed by atoms with E-state index in [1.807, 2.05) is 54.6 Å². The molecule has 2 aromatic carbocycles. The minimum absolute atomic E-state index is 0.00514. The van der Waals surface area contributed by atoms with Crippen LogP contribution in [0.1, 0.15) is 29.3 Å². The summed E-state index contributed by atoms with van der Waals surface area (Å²) in [5, 5.41) is 9.76. The predicted molar refractivity (Wildman–Crippen MR) is 112 cm³/mol. The van der Waals surface area contributed by atoms with Crippen LogP contribution >= 0.6 is 0 Å². The van der Waals surface area contributed by atoms with Gasteiger partial charge in [-0.3, -0.25) is 14.5 Å². The third kappa shape index (κ3) is 2.98. The number of para-hydroxylation sites is 1. The van der Waals surface area contributed by atoms with Gasteiger partial charge in [-0.15, -0.1) is 0 Å². The van der Waals surface area contributed by atoms with E-state index < -0.39 is 11.5 Å². The number of rotatable bonds is 4. The molecule has 1 aromatic heterocycles. The second-order valence-corrected chi connectivity index (χ2v) is 7.93. The third-order valence-electron chi connectivity index (χ3n) is 6.03. The molecule has 3 heterocycles. The smallest absolute Gasteiger partial charge is 0.247 e. The zero-order valence-electron chi connectivity index (χ0n) is 16.6. The second-order valence-electron chi connectivity index (χ2n) is 7.93. The van der Waals surface area contributed by atoms with Crippen LogP contribution in [-0.2, 0) is 15.0 Å². The fraction of sp³-hybridized carbons (Fsp3) is 0.261. The molecule has 0 bridgehead atoms. The van der Waals surface area contributed by atoms with Crippen molar-refractivity contribution in [2.45, 2.75) is 24.8 Å². The van der Waals surface area contributed by atoms with Crippen LogP contribution in [0.15, 0.2) is 65.2 Å². The quantitative estimate of drug-likeness (QED) is 0.699. The highest BCUT2D eigenvalue weighted by Gasteiger charge is 2.52. The topological polar surface area (TPSA) is 87.5 Å². The lowest BCUT2D eigenvalue weighted by atomic mass is 9.81. The van der Waals surface area contributed by atoms with Crippen molar-refractivity contribution < 1.29 is 14.1 Å². The van der Waals surface area contributed by atoms with E-state index >= 15 is 0 Å². The van der Waals surface area contributed by atoms with Crippen LogP contribution in [0.5, 0.6) is 0 Å². The molecule has 0 radical (unpaired) electrons. The number of fused-ring (bicyclic) bond motifs is 2. The van der Waals surface area contributed by atoms with Crippen LogP contribution in [-0.4, -0.2) is 35.0 Å². The summed E-state index contributed by atoms with van der Waals surface area (Å²) in [6.45, 7) is 2.88. The molecule has 7 nitrogen and oxygen atoms in total. The lowest BCUT2D eigenvalue weighted by molar-refractivity contribution is -0.123. The molecular weight excluding hydrogens is 380 g/mol. The number of amides is 2. The van der Waals surface area contributed by atoms with E-state index in [-0.39, 0.29) is 11.8 Å². The van der Waals surface area contributed by atoms with Gasteiger partial charge in [0.25, 0.3) is 0 Å². The van der Waals surface area contributed by atoms with Gasteiger partial charge in [-0.05, 0) is 30.5 Å². The van der Waals surface area contributed by atoms with Gasteiger partial charge >= 0.3 is 0 Å². The van der Waals surface area contributed by atoms with E-state index in [0.717, 1.165) is 16.8 Å². The summed E-state index contributed by atoms with van der Waals surface area (Å²) in [6, 6.07) is 18.6. The number of anilines is 2. The molecule has 2 aliphatic rings. The Balaban J connectivity index is 1.47. The third-order valence-corrected chi connectivity index (χ3v) is 6.03. The molecule has 2 atom stereocenters. The Morgan fingerprint density at radius 3 is 2.73 bits per heavy atom. The molecule has 30 heavy (non-hydrogen) atoms. The molecule has 1 spiro atoms. The number of hydrogen-bond acceptors (Lipinski definition) is 5. The number of nitrogens with one attached hydrogen (secondary N) is 2. The Morgan fingerprint density at radius 2 is 1.97 bits per heavy atom. The van der Waals surface area contributed by atoms with Gasteiger partial charge in [-0.25, -0.2) is 0 Å². The van der Waals surface area contributed by atoms with Crippen LogP contribution in [0.4, 0.5) is 11.5 Å². The van der Waals surface area contributed by atoms with Gasteiger partial charge in [0.05, 0.1) is 5.41 Å². The maximum atomic E-state index is 13.3. The normalized spacial score (nSPS) is 21.4. The first-order chi connectivity index (χ1) is 14.6. The molecular formula is C23H22N4O3. The van der Waals surface area contributed by atoms with E-state index in [2.05, 4.69) is 20.7 Å². The van der Waals surface area contributed by atoms with Crippen LogP contribution in [0.3, 0.4) is 0 Å². The zero-order valence-corrected chi connectivity index (χ0v) is 16.6. The molecule has 2 N–H and O–H groups in total. The van der Waals surface area contributed by atoms with Crippen molar-refractivity contribution in [3.63, 3.8) is 0 Å². The number of nitrogens with zero attached hydrogens (tertiary/aromatic N) is 2. The van der Waals surface area contributed by atoms with Crippen molar-refractivity contribution >= 4 is 23.3 Å². The molecule has 2 amide bonds. The van der Waals surface area contributed by atoms with Gasteiger partial charge in [-0.2, -0.15) is 0 Å². The average Bonchev–Trinajstić information content (AvgIpc) is 3.43. The predicted octanol–water partition coefficient (Wildman–Crippen LogP) is 3.26. The number of benzene rings is 2. The molecule has 0 saturated carbocycles. The van der Waals surface area contributed by atoms with Gasteiger partial charge in [0, 0.05) is 24.8 Å². The van der Waals surface area contributed by atoms with Crippen LogP contribution in [0, 0.1) is 6.92 Å². The highest BCUT2D eigenvalue weighted by molar-refractivity contribution is 6.07. The Bertz CT molecular complexity index is 1110. The first-order valence-corrected chi connectivity index (χ1v) is 10.0. The van der Waals surface area contributed by atoms with Crippen LogP contribution in [0.25, 0.3) is 0 Å². The summed E-state index contributed by atoms with van der Waals surface area (Å²) in [4.78, 5) is 28.4. The first kappa shape index (κ1) is 18.6. The minimum atomic E-state index is -0.631. The molecule has 152 valence electrons. The number of hydrogen-bond donors (Lipinski definition) is 2. The zero-order chi connectivity index (χ0) is 20.7. The summed E-state index contributed by atoms with van der Waals surface area (Å²) in [6.07, 6.45) is 0.662.